The maximum absolute atomic E-state index is 11.5. The van der Waals surface area contributed by atoms with Crippen molar-refractivity contribution in [2.24, 2.45) is 0 Å². The van der Waals surface area contributed by atoms with Crippen LogP contribution < -0.4 is 16.2 Å². The van der Waals surface area contributed by atoms with Crippen LogP contribution in [0.5, 0.6) is 0 Å². The number of hydrogen-bond acceptors (Lipinski definition) is 7. The van der Waals surface area contributed by atoms with E-state index in [9.17, 15) is 4.79 Å². The first-order valence-electron chi connectivity index (χ1n) is 4.58. The lowest BCUT2D eigenvalue weighted by atomic mass is 10.5. The van der Waals surface area contributed by atoms with Crippen molar-refractivity contribution in [1.82, 2.24) is 25.3 Å². The topological polar surface area (TPSA) is 116 Å². The molecule has 84 valence electrons. The number of anilines is 1. The average molecular weight is 222 g/mol. The Bertz CT molecular complexity index is 539. The molecule has 0 saturated heterocycles. The fraction of sp³-hybridized carbons (Fsp3) is 0.250. The predicted octanol–water partition coefficient (Wildman–Crippen LogP) is -1.38. The molecule has 0 aliphatic rings. The molecule has 8 nitrogen and oxygen atoms in total. The molecule has 2 rings (SSSR count). The minimum absolute atomic E-state index is 0.162. The van der Waals surface area contributed by atoms with Crippen molar-refractivity contribution < 1.29 is 5.11 Å². The van der Waals surface area contributed by atoms with E-state index in [0.29, 0.717) is 0 Å². The van der Waals surface area contributed by atoms with Crippen LogP contribution in [0.1, 0.15) is 0 Å². The third kappa shape index (κ3) is 2.12. The zero-order chi connectivity index (χ0) is 11.4. The average Bonchev–Trinajstić information content (AvgIpc) is 2.30. The first kappa shape index (κ1) is 10.5. The molecule has 2 aromatic rings. The van der Waals surface area contributed by atoms with Crippen LogP contribution in [-0.4, -0.2) is 38.4 Å². The lowest BCUT2D eigenvalue weighted by Crippen LogP contribution is -2.25. The van der Waals surface area contributed by atoms with Crippen LogP contribution in [0.2, 0.25) is 0 Å². The number of fused-ring (bicyclic) bond motifs is 1. The van der Waals surface area contributed by atoms with Gasteiger partial charge in [0.1, 0.15) is 0 Å². The van der Waals surface area contributed by atoms with Crippen LogP contribution >= 0.6 is 0 Å². The van der Waals surface area contributed by atoms with Gasteiger partial charge < -0.3 is 10.4 Å². The van der Waals surface area contributed by atoms with E-state index >= 15 is 0 Å². The number of rotatable bonds is 4. The van der Waals surface area contributed by atoms with Gasteiger partial charge >= 0.3 is 0 Å². The van der Waals surface area contributed by atoms with Gasteiger partial charge in [0.2, 0.25) is 5.95 Å². The van der Waals surface area contributed by atoms with Crippen molar-refractivity contribution in [3.8, 4) is 0 Å². The molecule has 2 heterocycles. The van der Waals surface area contributed by atoms with Crippen LogP contribution in [0.25, 0.3) is 11.2 Å². The summed E-state index contributed by atoms with van der Waals surface area (Å²) in [5.74, 6) is 0.277. The van der Waals surface area contributed by atoms with E-state index in [-0.39, 0.29) is 36.1 Å². The summed E-state index contributed by atoms with van der Waals surface area (Å²) < 4.78 is 0. The van der Waals surface area contributed by atoms with Crippen molar-refractivity contribution in [3.63, 3.8) is 0 Å². The summed E-state index contributed by atoms with van der Waals surface area (Å²) in [4.78, 5) is 25.9. The number of nitrogens with one attached hydrogen (secondary N) is 3. The zero-order valence-corrected chi connectivity index (χ0v) is 8.27. The van der Waals surface area contributed by atoms with E-state index in [2.05, 4.69) is 30.6 Å². The predicted molar refractivity (Wildman–Crippen MR) is 56.7 cm³/mol. The van der Waals surface area contributed by atoms with Crippen molar-refractivity contribution in [3.05, 3.63) is 22.7 Å². The van der Waals surface area contributed by atoms with E-state index in [1.54, 1.807) is 0 Å². The summed E-state index contributed by atoms with van der Waals surface area (Å²) in [6.07, 6.45) is 2.89. The molecule has 0 aliphatic heterocycles. The second kappa shape index (κ2) is 4.64. The lowest BCUT2D eigenvalue weighted by Gasteiger charge is -2.04. The zero-order valence-electron chi connectivity index (χ0n) is 8.27. The van der Waals surface area contributed by atoms with Crippen LogP contribution in [-0.2, 0) is 0 Å². The summed E-state index contributed by atoms with van der Waals surface area (Å²) in [5.41, 5.74) is 0.116. The summed E-state index contributed by atoms with van der Waals surface area (Å²) in [5, 5.41) is 13.9. The van der Waals surface area contributed by atoms with Gasteiger partial charge in [-0.3, -0.25) is 15.1 Å². The minimum atomic E-state index is -0.357. The normalized spacial score (nSPS) is 10.6. The van der Waals surface area contributed by atoms with Gasteiger partial charge in [0, 0.05) is 12.4 Å². The third-order valence-corrected chi connectivity index (χ3v) is 1.84. The largest absolute Gasteiger partial charge is 0.381 e. The molecule has 0 aliphatic carbocycles. The Morgan fingerprint density at radius 2 is 2.19 bits per heavy atom. The minimum Gasteiger partial charge on any atom is -0.381 e. The SMILES string of the molecule is O=c1[nH]c(NCNCO)nc2nccnc12. The first-order chi connectivity index (χ1) is 7.81. The summed E-state index contributed by atoms with van der Waals surface area (Å²) in [7, 11) is 0. The molecule has 0 fully saturated rings. The molecule has 4 N–H and O–H groups in total. The Kier molecular flexibility index (Phi) is 3.03. The van der Waals surface area contributed by atoms with Gasteiger partial charge in [-0.2, -0.15) is 4.98 Å². The second-order valence-electron chi connectivity index (χ2n) is 2.90. The molecule has 0 bridgehead atoms. The van der Waals surface area contributed by atoms with Gasteiger partial charge in [-0.1, -0.05) is 0 Å². The number of H-pyrrole nitrogens is 1. The van der Waals surface area contributed by atoms with Crippen LogP contribution in [0.15, 0.2) is 17.2 Å². The Morgan fingerprint density at radius 1 is 1.38 bits per heavy atom. The van der Waals surface area contributed by atoms with E-state index in [1.807, 2.05) is 0 Å². The van der Waals surface area contributed by atoms with Crippen LogP contribution in [0, 0.1) is 0 Å². The molecule has 0 radical (unpaired) electrons. The number of aromatic nitrogens is 4. The van der Waals surface area contributed by atoms with Gasteiger partial charge in [0.25, 0.3) is 5.56 Å². The molecule has 2 aromatic heterocycles. The highest BCUT2D eigenvalue weighted by Gasteiger charge is 2.04. The molecule has 0 aromatic carbocycles. The molecular weight excluding hydrogens is 212 g/mol. The summed E-state index contributed by atoms with van der Waals surface area (Å²) in [6.45, 7) is 0.121. The fourth-order valence-electron chi connectivity index (χ4n) is 1.16. The van der Waals surface area contributed by atoms with Crippen LogP contribution in [0.4, 0.5) is 5.95 Å². The highest BCUT2D eigenvalue weighted by atomic mass is 16.3. The molecule has 0 atom stereocenters. The van der Waals surface area contributed by atoms with Crippen molar-refractivity contribution in [2.45, 2.75) is 0 Å². The first-order valence-corrected chi connectivity index (χ1v) is 4.58. The Hall–Kier alpha value is -2.06. The molecule has 0 unspecified atom stereocenters. The monoisotopic (exact) mass is 222 g/mol. The Morgan fingerprint density at radius 3 is 3.00 bits per heavy atom. The van der Waals surface area contributed by atoms with E-state index < -0.39 is 0 Å². The number of hydrogen-bond donors (Lipinski definition) is 4. The van der Waals surface area contributed by atoms with Crippen LogP contribution in [0.3, 0.4) is 0 Å². The smallest absolute Gasteiger partial charge is 0.280 e. The summed E-state index contributed by atoms with van der Waals surface area (Å²) >= 11 is 0. The molecule has 16 heavy (non-hydrogen) atoms. The highest BCUT2D eigenvalue weighted by molar-refractivity contribution is 5.68. The molecule has 8 heteroatoms. The molecule has 0 amide bonds. The Balaban J connectivity index is 2.31. The van der Waals surface area contributed by atoms with E-state index in [1.165, 1.54) is 12.4 Å². The maximum atomic E-state index is 11.5. The summed E-state index contributed by atoms with van der Waals surface area (Å²) in [6, 6.07) is 0. The molecular formula is C8H10N6O2. The second-order valence-corrected chi connectivity index (χ2v) is 2.90. The van der Waals surface area contributed by atoms with E-state index in [0.717, 1.165) is 0 Å². The highest BCUT2D eigenvalue weighted by Crippen LogP contribution is 2.00. The van der Waals surface area contributed by atoms with Gasteiger partial charge in [-0.05, 0) is 0 Å². The number of aliphatic hydroxyl groups is 1. The van der Waals surface area contributed by atoms with Gasteiger partial charge in [0.15, 0.2) is 11.2 Å². The lowest BCUT2D eigenvalue weighted by molar-refractivity contribution is 0.265. The van der Waals surface area contributed by atoms with Gasteiger partial charge in [-0.15, -0.1) is 0 Å². The standard InChI is InChI=1S/C8H10N6O2/c15-4-9-3-12-8-13-6-5(7(16)14-8)10-1-2-11-6/h1-2,9,15H,3-4H2,(H2,11,12,13,14,16). The molecule has 0 spiro atoms. The third-order valence-electron chi connectivity index (χ3n) is 1.84. The fourth-order valence-corrected chi connectivity index (χ4v) is 1.16. The quantitative estimate of drug-likeness (QED) is 0.372. The number of aliphatic hydroxyl groups excluding tert-OH is 1. The number of aromatic amines is 1. The van der Waals surface area contributed by atoms with Crippen molar-refractivity contribution in [1.29, 1.82) is 0 Å². The van der Waals surface area contributed by atoms with Crippen molar-refractivity contribution in [2.75, 3.05) is 18.7 Å². The van der Waals surface area contributed by atoms with Gasteiger partial charge in [-0.25, -0.2) is 9.97 Å². The van der Waals surface area contributed by atoms with Gasteiger partial charge in [0.05, 0.1) is 13.4 Å². The molecule has 0 saturated carbocycles. The number of nitrogens with zero attached hydrogens (tertiary/aromatic N) is 3. The van der Waals surface area contributed by atoms with E-state index in [4.69, 9.17) is 5.11 Å². The van der Waals surface area contributed by atoms with Crippen molar-refractivity contribution >= 4 is 17.1 Å². The maximum Gasteiger partial charge on any atom is 0.280 e. The Labute approximate surface area is 89.8 Å².